The van der Waals surface area contributed by atoms with Crippen LogP contribution >= 0.6 is 11.6 Å². The highest BCUT2D eigenvalue weighted by Gasteiger charge is 2.19. The van der Waals surface area contributed by atoms with Gasteiger partial charge < -0.3 is 5.32 Å². The average Bonchev–Trinajstić information content (AvgIpc) is 2.37. The molecule has 0 amide bonds. The van der Waals surface area contributed by atoms with Gasteiger partial charge in [-0.25, -0.2) is 0 Å². The fourth-order valence-electron chi connectivity index (χ4n) is 3.02. The molecule has 1 fully saturated rings. The van der Waals surface area contributed by atoms with E-state index in [9.17, 15) is 0 Å². The van der Waals surface area contributed by atoms with E-state index in [0.717, 1.165) is 23.4 Å². The van der Waals surface area contributed by atoms with Crippen LogP contribution in [0.25, 0.3) is 0 Å². The Labute approximate surface area is 116 Å². The van der Waals surface area contributed by atoms with Crippen molar-refractivity contribution in [3.8, 4) is 0 Å². The van der Waals surface area contributed by atoms with Crippen LogP contribution in [0.5, 0.6) is 0 Å². The summed E-state index contributed by atoms with van der Waals surface area (Å²) in [5.74, 6) is 1.75. The summed E-state index contributed by atoms with van der Waals surface area (Å²) >= 11 is 6.22. The molecule has 1 N–H and O–H groups in total. The van der Waals surface area contributed by atoms with Gasteiger partial charge >= 0.3 is 0 Å². The molecule has 1 aromatic carbocycles. The normalized spacial score (nSPS) is 25.9. The van der Waals surface area contributed by atoms with Gasteiger partial charge in [0.05, 0.1) is 0 Å². The second-order valence-corrected chi connectivity index (χ2v) is 6.20. The highest BCUT2D eigenvalue weighted by molar-refractivity contribution is 6.31. The SMILES string of the molecule is CC1CCCC(CNC(C)c2ccccc2Cl)C1. The van der Waals surface area contributed by atoms with Gasteiger partial charge in [0.25, 0.3) is 0 Å². The smallest absolute Gasteiger partial charge is 0.0453 e. The molecule has 1 aliphatic rings. The van der Waals surface area contributed by atoms with Gasteiger partial charge in [0.15, 0.2) is 0 Å². The number of rotatable bonds is 4. The summed E-state index contributed by atoms with van der Waals surface area (Å²) in [7, 11) is 0. The topological polar surface area (TPSA) is 12.0 Å². The number of benzene rings is 1. The number of halogens is 1. The predicted molar refractivity (Wildman–Crippen MR) is 79.0 cm³/mol. The van der Waals surface area contributed by atoms with E-state index in [1.165, 1.54) is 31.2 Å². The van der Waals surface area contributed by atoms with E-state index >= 15 is 0 Å². The molecular weight excluding hydrogens is 242 g/mol. The molecule has 3 unspecified atom stereocenters. The van der Waals surface area contributed by atoms with Crippen molar-refractivity contribution in [3.63, 3.8) is 0 Å². The molecule has 1 aromatic rings. The van der Waals surface area contributed by atoms with Gasteiger partial charge in [-0.15, -0.1) is 0 Å². The standard InChI is InChI=1S/C16H24ClN/c1-12-6-5-7-14(10-12)11-18-13(2)15-8-3-4-9-16(15)17/h3-4,8-9,12-14,18H,5-7,10-11H2,1-2H3. The third-order valence-electron chi connectivity index (χ3n) is 4.13. The maximum atomic E-state index is 6.22. The second-order valence-electron chi connectivity index (χ2n) is 5.79. The summed E-state index contributed by atoms with van der Waals surface area (Å²) in [6.45, 7) is 5.70. The van der Waals surface area contributed by atoms with Crippen molar-refractivity contribution in [2.24, 2.45) is 11.8 Å². The van der Waals surface area contributed by atoms with Crippen molar-refractivity contribution in [2.75, 3.05) is 6.54 Å². The number of hydrogen-bond donors (Lipinski definition) is 1. The average molecular weight is 266 g/mol. The van der Waals surface area contributed by atoms with Crippen molar-refractivity contribution in [1.82, 2.24) is 5.32 Å². The quantitative estimate of drug-likeness (QED) is 0.823. The van der Waals surface area contributed by atoms with Gasteiger partial charge in [-0.3, -0.25) is 0 Å². The lowest BCUT2D eigenvalue weighted by molar-refractivity contribution is 0.268. The minimum absolute atomic E-state index is 0.343. The van der Waals surface area contributed by atoms with E-state index in [1.807, 2.05) is 12.1 Å². The lowest BCUT2D eigenvalue weighted by Crippen LogP contribution is -2.28. The molecule has 0 bridgehead atoms. The first-order valence-corrected chi connectivity index (χ1v) is 7.52. The Morgan fingerprint density at radius 3 is 2.83 bits per heavy atom. The Hall–Kier alpha value is -0.530. The second kappa shape index (κ2) is 6.58. The van der Waals surface area contributed by atoms with Crippen LogP contribution in [-0.4, -0.2) is 6.54 Å². The first-order chi connectivity index (χ1) is 8.66. The molecule has 0 aliphatic heterocycles. The Balaban J connectivity index is 1.84. The lowest BCUT2D eigenvalue weighted by Gasteiger charge is -2.28. The van der Waals surface area contributed by atoms with Crippen LogP contribution in [0.4, 0.5) is 0 Å². The zero-order valence-electron chi connectivity index (χ0n) is 11.5. The number of nitrogens with one attached hydrogen (secondary N) is 1. The largest absolute Gasteiger partial charge is 0.310 e. The van der Waals surface area contributed by atoms with Crippen LogP contribution in [0.15, 0.2) is 24.3 Å². The molecule has 1 nitrogen and oxygen atoms in total. The predicted octanol–water partition coefficient (Wildman–Crippen LogP) is 4.82. The maximum Gasteiger partial charge on any atom is 0.0453 e. The van der Waals surface area contributed by atoms with Crippen LogP contribution in [0.1, 0.15) is 51.1 Å². The molecule has 2 rings (SSSR count). The Bertz CT molecular complexity index is 377. The molecule has 0 radical (unpaired) electrons. The fourth-order valence-corrected chi connectivity index (χ4v) is 3.32. The summed E-state index contributed by atoms with van der Waals surface area (Å²) in [5.41, 5.74) is 1.21. The third kappa shape index (κ3) is 3.73. The Morgan fingerprint density at radius 1 is 1.33 bits per heavy atom. The number of hydrogen-bond acceptors (Lipinski definition) is 1. The Kier molecular flexibility index (Phi) is 5.08. The molecule has 1 saturated carbocycles. The highest BCUT2D eigenvalue weighted by Crippen LogP contribution is 2.29. The lowest BCUT2D eigenvalue weighted by atomic mass is 9.82. The van der Waals surface area contributed by atoms with Crippen LogP contribution < -0.4 is 5.32 Å². The molecule has 1 aliphatic carbocycles. The molecule has 0 heterocycles. The van der Waals surface area contributed by atoms with Gasteiger partial charge in [0.1, 0.15) is 0 Å². The van der Waals surface area contributed by atoms with Crippen molar-refractivity contribution in [1.29, 1.82) is 0 Å². The van der Waals surface area contributed by atoms with Crippen LogP contribution in [0.2, 0.25) is 5.02 Å². The van der Waals surface area contributed by atoms with Crippen LogP contribution in [0.3, 0.4) is 0 Å². The van der Waals surface area contributed by atoms with E-state index in [1.54, 1.807) is 0 Å². The third-order valence-corrected chi connectivity index (χ3v) is 4.47. The van der Waals surface area contributed by atoms with E-state index in [4.69, 9.17) is 11.6 Å². The van der Waals surface area contributed by atoms with Crippen molar-refractivity contribution in [3.05, 3.63) is 34.9 Å². The summed E-state index contributed by atoms with van der Waals surface area (Å²) in [4.78, 5) is 0. The van der Waals surface area contributed by atoms with Gasteiger partial charge in [-0.05, 0) is 49.8 Å². The molecule has 2 heteroatoms. The zero-order valence-corrected chi connectivity index (χ0v) is 12.2. The first kappa shape index (κ1) is 13.9. The monoisotopic (exact) mass is 265 g/mol. The van der Waals surface area contributed by atoms with E-state index in [0.29, 0.717) is 6.04 Å². The van der Waals surface area contributed by atoms with Gasteiger partial charge in [0.2, 0.25) is 0 Å². The summed E-state index contributed by atoms with van der Waals surface area (Å²) in [5, 5.41) is 4.52. The van der Waals surface area contributed by atoms with E-state index in [2.05, 4.69) is 31.3 Å². The van der Waals surface area contributed by atoms with E-state index in [-0.39, 0.29) is 0 Å². The van der Waals surface area contributed by atoms with Crippen molar-refractivity contribution in [2.45, 2.75) is 45.6 Å². The fraction of sp³-hybridized carbons (Fsp3) is 0.625. The van der Waals surface area contributed by atoms with Gasteiger partial charge in [-0.2, -0.15) is 0 Å². The molecule has 18 heavy (non-hydrogen) atoms. The summed E-state index contributed by atoms with van der Waals surface area (Å²) < 4.78 is 0. The molecule has 3 atom stereocenters. The molecule has 0 aromatic heterocycles. The molecule has 0 spiro atoms. The summed E-state index contributed by atoms with van der Waals surface area (Å²) in [6.07, 6.45) is 5.57. The van der Waals surface area contributed by atoms with Crippen LogP contribution in [0, 0.1) is 11.8 Å². The zero-order chi connectivity index (χ0) is 13.0. The first-order valence-electron chi connectivity index (χ1n) is 7.14. The Morgan fingerprint density at radius 2 is 2.11 bits per heavy atom. The molecular formula is C16H24ClN. The molecule has 0 saturated heterocycles. The minimum Gasteiger partial charge on any atom is -0.310 e. The highest BCUT2D eigenvalue weighted by atomic mass is 35.5. The van der Waals surface area contributed by atoms with Crippen molar-refractivity contribution < 1.29 is 0 Å². The summed E-state index contributed by atoms with van der Waals surface area (Å²) in [6, 6.07) is 8.47. The molecule has 100 valence electrons. The van der Waals surface area contributed by atoms with Gasteiger partial charge in [-0.1, -0.05) is 49.6 Å². The maximum absolute atomic E-state index is 6.22. The van der Waals surface area contributed by atoms with E-state index < -0.39 is 0 Å². The van der Waals surface area contributed by atoms with Gasteiger partial charge in [0, 0.05) is 11.1 Å². The van der Waals surface area contributed by atoms with Crippen molar-refractivity contribution >= 4 is 11.6 Å². The minimum atomic E-state index is 0.343. The van der Waals surface area contributed by atoms with Crippen LogP contribution in [-0.2, 0) is 0 Å².